The number of nitrogens with zero attached hydrogens (tertiary/aromatic N) is 1. The number of aryl methyl sites for hydroxylation is 1. The van der Waals surface area contributed by atoms with Crippen LogP contribution in [-0.4, -0.2) is 9.97 Å². The van der Waals surface area contributed by atoms with Crippen LogP contribution in [0.25, 0.3) is 0 Å². The van der Waals surface area contributed by atoms with Gasteiger partial charge < -0.3 is 10.7 Å². The topological polar surface area (TPSA) is 71.8 Å². The lowest BCUT2D eigenvalue weighted by Gasteiger charge is -2.02. The van der Waals surface area contributed by atoms with Gasteiger partial charge in [-0.05, 0) is 13.3 Å². The fourth-order valence-corrected chi connectivity index (χ4v) is 1.06. The number of nitrogens with two attached hydrogens (primary N) is 1. The molecule has 0 fully saturated rings. The molecule has 0 atom stereocenters. The summed E-state index contributed by atoms with van der Waals surface area (Å²) < 4.78 is 0. The van der Waals surface area contributed by atoms with Gasteiger partial charge in [-0.3, -0.25) is 4.79 Å². The Morgan fingerprint density at radius 2 is 2.23 bits per heavy atom. The van der Waals surface area contributed by atoms with Gasteiger partial charge in [0.25, 0.3) is 5.56 Å². The molecule has 0 amide bonds. The highest BCUT2D eigenvalue weighted by molar-refractivity contribution is 5.36. The predicted molar refractivity (Wildman–Crippen MR) is 52.6 cm³/mol. The normalized spacial score (nSPS) is 10.3. The average molecular weight is 181 g/mol. The maximum absolute atomic E-state index is 11.2. The molecule has 0 aliphatic rings. The summed E-state index contributed by atoms with van der Waals surface area (Å²) in [5.74, 6) is 1.03. The smallest absolute Gasteiger partial charge is 0.255 e. The molecule has 0 saturated carbocycles. The molecule has 0 saturated heterocycles. The number of rotatable bonds is 3. The highest BCUT2D eigenvalue weighted by Gasteiger charge is 2.02. The Morgan fingerprint density at radius 1 is 1.54 bits per heavy atom. The van der Waals surface area contributed by atoms with Crippen LogP contribution in [0.1, 0.15) is 31.2 Å². The quantitative estimate of drug-likeness (QED) is 0.730. The largest absolute Gasteiger partial charge is 0.383 e. The van der Waals surface area contributed by atoms with Crippen molar-refractivity contribution in [1.82, 2.24) is 9.97 Å². The van der Waals surface area contributed by atoms with Gasteiger partial charge in [-0.15, -0.1) is 0 Å². The van der Waals surface area contributed by atoms with E-state index in [9.17, 15) is 4.79 Å². The van der Waals surface area contributed by atoms with Gasteiger partial charge in [-0.2, -0.15) is 0 Å². The molecule has 72 valence electrons. The molecule has 0 unspecified atom stereocenters. The summed E-state index contributed by atoms with van der Waals surface area (Å²) >= 11 is 0. The molecule has 0 radical (unpaired) electrons. The van der Waals surface area contributed by atoms with Gasteiger partial charge in [0.05, 0.1) is 5.56 Å². The predicted octanol–water partition coefficient (Wildman–Crippen LogP) is 1.00. The van der Waals surface area contributed by atoms with Crippen LogP contribution < -0.4 is 11.3 Å². The van der Waals surface area contributed by atoms with E-state index >= 15 is 0 Å². The molecular formula is C9H15N3O. The molecular weight excluding hydrogens is 166 g/mol. The maximum atomic E-state index is 11.2. The molecule has 1 aromatic rings. The van der Waals surface area contributed by atoms with Crippen molar-refractivity contribution in [1.29, 1.82) is 0 Å². The first-order valence-electron chi connectivity index (χ1n) is 4.50. The summed E-state index contributed by atoms with van der Waals surface area (Å²) in [6, 6.07) is 0. The summed E-state index contributed by atoms with van der Waals surface area (Å²) in [6.45, 7) is 3.76. The molecule has 0 aliphatic carbocycles. The van der Waals surface area contributed by atoms with Gasteiger partial charge in [0.2, 0.25) is 0 Å². The van der Waals surface area contributed by atoms with E-state index in [1.165, 1.54) is 0 Å². The number of anilines is 1. The first-order valence-corrected chi connectivity index (χ1v) is 4.50. The minimum Gasteiger partial charge on any atom is -0.383 e. The number of hydrogen-bond acceptors (Lipinski definition) is 3. The standard InChI is InChI=1S/C9H15N3O/c1-3-4-5-7-11-8(10)6(2)9(13)12-7/h3-5H2,1-2H3,(H3,10,11,12,13). The molecule has 1 aromatic heterocycles. The van der Waals surface area contributed by atoms with Crippen LogP contribution in [0.2, 0.25) is 0 Å². The van der Waals surface area contributed by atoms with E-state index < -0.39 is 0 Å². The third-order valence-electron chi connectivity index (χ3n) is 2.01. The summed E-state index contributed by atoms with van der Waals surface area (Å²) in [5.41, 5.74) is 5.94. The number of aromatic nitrogens is 2. The summed E-state index contributed by atoms with van der Waals surface area (Å²) in [5, 5.41) is 0. The van der Waals surface area contributed by atoms with E-state index in [0.29, 0.717) is 17.2 Å². The Balaban J connectivity index is 2.93. The van der Waals surface area contributed by atoms with Crippen molar-refractivity contribution in [2.75, 3.05) is 5.73 Å². The third-order valence-corrected chi connectivity index (χ3v) is 2.01. The number of nitrogen functional groups attached to an aromatic ring is 1. The fraction of sp³-hybridized carbons (Fsp3) is 0.556. The summed E-state index contributed by atoms with van der Waals surface area (Å²) in [7, 11) is 0. The number of nitrogens with one attached hydrogen (secondary N) is 1. The molecule has 13 heavy (non-hydrogen) atoms. The maximum Gasteiger partial charge on any atom is 0.255 e. The van der Waals surface area contributed by atoms with Crippen LogP contribution in [0, 0.1) is 6.92 Å². The van der Waals surface area contributed by atoms with E-state index in [1.807, 2.05) is 0 Å². The number of unbranched alkanes of at least 4 members (excludes halogenated alkanes) is 1. The van der Waals surface area contributed by atoms with E-state index in [2.05, 4.69) is 16.9 Å². The van der Waals surface area contributed by atoms with Crippen LogP contribution >= 0.6 is 0 Å². The van der Waals surface area contributed by atoms with Crippen molar-refractivity contribution >= 4 is 5.82 Å². The highest BCUT2D eigenvalue weighted by Crippen LogP contribution is 2.02. The molecule has 1 heterocycles. The lowest BCUT2D eigenvalue weighted by Crippen LogP contribution is -2.17. The second-order valence-electron chi connectivity index (χ2n) is 3.13. The van der Waals surface area contributed by atoms with E-state index in [0.717, 1.165) is 19.3 Å². The van der Waals surface area contributed by atoms with Crippen molar-refractivity contribution in [3.63, 3.8) is 0 Å². The zero-order chi connectivity index (χ0) is 9.84. The Labute approximate surface area is 77.2 Å². The van der Waals surface area contributed by atoms with Crippen LogP contribution in [0.5, 0.6) is 0 Å². The second-order valence-corrected chi connectivity index (χ2v) is 3.13. The minimum absolute atomic E-state index is 0.126. The van der Waals surface area contributed by atoms with E-state index in [-0.39, 0.29) is 5.56 Å². The average Bonchev–Trinajstić information content (AvgIpc) is 2.10. The fourth-order valence-electron chi connectivity index (χ4n) is 1.06. The third kappa shape index (κ3) is 2.31. The van der Waals surface area contributed by atoms with Gasteiger partial charge >= 0.3 is 0 Å². The van der Waals surface area contributed by atoms with E-state index in [1.54, 1.807) is 6.92 Å². The van der Waals surface area contributed by atoms with Gasteiger partial charge in [-0.25, -0.2) is 4.98 Å². The Morgan fingerprint density at radius 3 is 2.77 bits per heavy atom. The number of hydrogen-bond donors (Lipinski definition) is 2. The molecule has 4 nitrogen and oxygen atoms in total. The Kier molecular flexibility index (Phi) is 3.06. The molecule has 1 rings (SSSR count). The Hall–Kier alpha value is -1.32. The zero-order valence-corrected chi connectivity index (χ0v) is 8.05. The number of aromatic amines is 1. The minimum atomic E-state index is -0.126. The summed E-state index contributed by atoms with van der Waals surface area (Å²) in [6.07, 6.45) is 2.89. The second kappa shape index (κ2) is 4.07. The van der Waals surface area contributed by atoms with Crippen molar-refractivity contribution in [2.45, 2.75) is 33.1 Å². The monoisotopic (exact) mass is 181 g/mol. The molecule has 4 heteroatoms. The van der Waals surface area contributed by atoms with Crippen LogP contribution in [-0.2, 0) is 6.42 Å². The van der Waals surface area contributed by atoms with Crippen LogP contribution in [0.3, 0.4) is 0 Å². The lowest BCUT2D eigenvalue weighted by molar-refractivity contribution is 0.747. The molecule has 0 aromatic carbocycles. The molecule has 3 N–H and O–H groups in total. The molecule has 0 bridgehead atoms. The first kappa shape index (κ1) is 9.77. The first-order chi connectivity index (χ1) is 6.15. The van der Waals surface area contributed by atoms with Crippen LogP contribution in [0.4, 0.5) is 5.82 Å². The zero-order valence-electron chi connectivity index (χ0n) is 8.05. The van der Waals surface area contributed by atoms with Gasteiger partial charge in [0, 0.05) is 6.42 Å². The van der Waals surface area contributed by atoms with Crippen LogP contribution in [0.15, 0.2) is 4.79 Å². The van der Waals surface area contributed by atoms with Gasteiger partial charge in [0.1, 0.15) is 11.6 Å². The number of H-pyrrole nitrogens is 1. The SMILES string of the molecule is CCCCc1nc(N)c(C)c(=O)[nH]1. The van der Waals surface area contributed by atoms with Crippen molar-refractivity contribution < 1.29 is 0 Å². The van der Waals surface area contributed by atoms with Crippen molar-refractivity contribution in [3.8, 4) is 0 Å². The van der Waals surface area contributed by atoms with Crippen molar-refractivity contribution in [2.24, 2.45) is 0 Å². The van der Waals surface area contributed by atoms with Gasteiger partial charge in [0.15, 0.2) is 0 Å². The molecule has 0 aliphatic heterocycles. The highest BCUT2D eigenvalue weighted by atomic mass is 16.1. The van der Waals surface area contributed by atoms with E-state index in [4.69, 9.17) is 5.73 Å². The summed E-state index contributed by atoms with van der Waals surface area (Å²) in [4.78, 5) is 18.0. The Bertz CT molecular complexity index is 343. The molecule has 0 spiro atoms. The van der Waals surface area contributed by atoms with Crippen molar-refractivity contribution in [3.05, 3.63) is 21.7 Å². The van der Waals surface area contributed by atoms with Gasteiger partial charge in [-0.1, -0.05) is 13.3 Å². The lowest BCUT2D eigenvalue weighted by atomic mass is 10.2.